The van der Waals surface area contributed by atoms with Gasteiger partial charge in [0.1, 0.15) is 17.9 Å². The second-order valence-electron chi connectivity index (χ2n) is 10.6. The Morgan fingerprint density at radius 3 is 2.56 bits per heavy atom. The lowest BCUT2D eigenvalue weighted by atomic mass is 9.94. The molecule has 0 aromatic heterocycles. The minimum atomic E-state index is -0.607. The minimum absolute atomic E-state index is 0.0441. The normalized spacial score (nSPS) is 16.0. The molecule has 1 aromatic carbocycles. The average molecular weight is 501 g/mol. The van der Waals surface area contributed by atoms with Crippen molar-refractivity contribution in [3.8, 4) is 5.75 Å². The highest BCUT2D eigenvalue weighted by atomic mass is 16.6. The number of esters is 1. The second-order valence-corrected chi connectivity index (χ2v) is 10.6. The van der Waals surface area contributed by atoms with Crippen LogP contribution in [-0.2, 0) is 25.7 Å². The predicted molar refractivity (Wildman–Crippen MR) is 138 cm³/mol. The molecular weight excluding hydrogens is 460 g/mol. The number of hydrogen-bond donors (Lipinski definition) is 1. The summed E-state index contributed by atoms with van der Waals surface area (Å²) in [5.41, 5.74) is 0.970. The highest BCUT2D eigenvalue weighted by molar-refractivity contribution is 5.99. The van der Waals surface area contributed by atoms with E-state index in [1.54, 1.807) is 4.90 Å². The van der Waals surface area contributed by atoms with Crippen LogP contribution in [0.1, 0.15) is 78.2 Å². The van der Waals surface area contributed by atoms with Gasteiger partial charge < -0.3 is 19.3 Å². The molecule has 198 valence electrons. The molecule has 2 aliphatic rings. The van der Waals surface area contributed by atoms with E-state index < -0.39 is 11.6 Å². The van der Waals surface area contributed by atoms with E-state index >= 15 is 0 Å². The molecule has 36 heavy (non-hydrogen) atoms. The van der Waals surface area contributed by atoms with Crippen LogP contribution in [0.4, 0.5) is 5.69 Å². The van der Waals surface area contributed by atoms with Gasteiger partial charge in [0.2, 0.25) is 17.8 Å². The number of fused-ring (bicyclic) bond motifs is 1. The molecule has 1 fully saturated rings. The van der Waals surface area contributed by atoms with Crippen molar-refractivity contribution >= 4 is 29.4 Å². The Morgan fingerprint density at radius 2 is 1.89 bits per heavy atom. The zero-order valence-corrected chi connectivity index (χ0v) is 22.3. The third kappa shape index (κ3) is 8.24. The topological polar surface area (TPSA) is 101 Å². The summed E-state index contributed by atoms with van der Waals surface area (Å²) in [5, 5.41) is 2.70. The van der Waals surface area contributed by atoms with Crippen molar-refractivity contribution in [1.29, 1.82) is 0 Å². The largest absolute Gasteiger partial charge is 0.494 e. The molecule has 1 aromatic rings. The molecule has 1 heterocycles. The van der Waals surface area contributed by atoms with E-state index in [1.165, 1.54) is 26.2 Å². The molecule has 0 radical (unpaired) electrons. The van der Waals surface area contributed by atoms with Gasteiger partial charge in [0.15, 0.2) is 0 Å². The van der Waals surface area contributed by atoms with Gasteiger partial charge in [-0.15, -0.1) is 0 Å². The van der Waals surface area contributed by atoms with Crippen LogP contribution in [0.2, 0.25) is 0 Å². The first kappa shape index (κ1) is 27.5. The van der Waals surface area contributed by atoms with Crippen molar-refractivity contribution < 1.29 is 23.9 Å². The molecule has 1 saturated carbocycles. The van der Waals surface area contributed by atoms with E-state index in [0.717, 1.165) is 18.4 Å². The van der Waals surface area contributed by atoms with Gasteiger partial charge in [-0.05, 0) is 58.2 Å². The lowest BCUT2D eigenvalue weighted by Gasteiger charge is -2.31. The molecule has 0 saturated heterocycles. The minimum Gasteiger partial charge on any atom is -0.494 e. The van der Waals surface area contributed by atoms with Gasteiger partial charge >= 0.3 is 5.97 Å². The molecule has 2 amide bonds. The monoisotopic (exact) mass is 500 g/mol. The van der Waals surface area contributed by atoms with E-state index in [1.807, 2.05) is 50.9 Å². The summed E-state index contributed by atoms with van der Waals surface area (Å²) in [7, 11) is 1.92. The quantitative estimate of drug-likeness (QED) is 0.429. The number of guanidine groups is 1. The zero-order valence-electron chi connectivity index (χ0n) is 22.3. The number of aliphatic imine (C=N–C) groups is 1. The average Bonchev–Trinajstić information content (AvgIpc) is 2.80. The number of nitrogens with zero attached hydrogens (tertiary/aromatic N) is 3. The van der Waals surface area contributed by atoms with E-state index in [4.69, 9.17) is 9.47 Å². The molecule has 0 spiro atoms. The summed E-state index contributed by atoms with van der Waals surface area (Å²) in [4.78, 5) is 44.8. The number of hydrogen-bond acceptors (Lipinski definition) is 7. The fraction of sp³-hybridized carbons (Fsp3) is 0.630. The number of carbonyl (C=O) groups is 3. The van der Waals surface area contributed by atoms with E-state index in [9.17, 15) is 14.4 Å². The Morgan fingerprint density at radius 1 is 1.17 bits per heavy atom. The molecular formula is C27H40N4O5. The fourth-order valence-corrected chi connectivity index (χ4v) is 4.54. The molecule has 3 rings (SSSR count). The van der Waals surface area contributed by atoms with Gasteiger partial charge in [0.25, 0.3) is 0 Å². The van der Waals surface area contributed by atoms with Crippen molar-refractivity contribution in [1.82, 2.24) is 15.1 Å². The summed E-state index contributed by atoms with van der Waals surface area (Å²) >= 11 is 0. The highest BCUT2D eigenvalue weighted by Gasteiger charge is 2.26. The maximum Gasteiger partial charge on any atom is 0.326 e. The van der Waals surface area contributed by atoms with Gasteiger partial charge in [-0.25, -0.2) is 4.99 Å². The molecule has 1 aliphatic carbocycles. The number of benzene rings is 1. The van der Waals surface area contributed by atoms with Crippen LogP contribution in [0.3, 0.4) is 0 Å². The SMILES string of the molecule is CC(=O)NC1=Nc2ccc(OCCCC(=O)N(C)C3CCCCC3)cc2CN1CC(=O)OC(C)(C)C. The Balaban J connectivity index is 1.57. The number of nitrogens with one attached hydrogen (secondary N) is 1. The summed E-state index contributed by atoms with van der Waals surface area (Å²) in [6.45, 7) is 7.59. The molecule has 1 aliphatic heterocycles. The Kier molecular flexibility index (Phi) is 9.34. The molecule has 0 bridgehead atoms. The number of carbonyl (C=O) groups excluding carboxylic acids is 3. The van der Waals surface area contributed by atoms with Gasteiger partial charge in [-0.1, -0.05) is 19.3 Å². The Bertz CT molecular complexity index is 979. The first-order chi connectivity index (χ1) is 17.0. The third-order valence-corrected chi connectivity index (χ3v) is 6.29. The maximum atomic E-state index is 12.5. The van der Waals surface area contributed by atoms with Crippen molar-refractivity contribution in [2.75, 3.05) is 20.2 Å². The molecule has 9 nitrogen and oxygen atoms in total. The van der Waals surface area contributed by atoms with Crippen molar-refractivity contribution in [2.45, 2.75) is 90.8 Å². The third-order valence-electron chi connectivity index (χ3n) is 6.29. The van der Waals surface area contributed by atoms with Crippen LogP contribution in [0, 0.1) is 0 Å². The smallest absolute Gasteiger partial charge is 0.326 e. The Labute approximate surface area is 214 Å². The van der Waals surface area contributed by atoms with Crippen LogP contribution >= 0.6 is 0 Å². The standard InChI is InChI=1S/C27H40N4O5/c1-19(32)28-26-29-23-14-13-22(16-20(23)17-31(26)18-25(34)36-27(2,3)4)35-15-9-12-24(33)30(5)21-10-7-6-8-11-21/h13-14,16,21H,6-12,15,17-18H2,1-5H3,(H,28,29,32). The first-order valence-electron chi connectivity index (χ1n) is 12.9. The van der Waals surface area contributed by atoms with Crippen molar-refractivity contribution in [3.05, 3.63) is 23.8 Å². The zero-order chi connectivity index (χ0) is 26.3. The lowest BCUT2D eigenvalue weighted by Crippen LogP contribution is -2.47. The van der Waals surface area contributed by atoms with Crippen LogP contribution in [0.25, 0.3) is 0 Å². The molecule has 1 N–H and O–H groups in total. The van der Waals surface area contributed by atoms with Gasteiger partial charge in [-0.3, -0.25) is 19.7 Å². The van der Waals surface area contributed by atoms with Gasteiger partial charge in [0, 0.05) is 38.5 Å². The van der Waals surface area contributed by atoms with Crippen LogP contribution in [0.15, 0.2) is 23.2 Å². The summed E-state index contributed by atoms with van der Waals surface area (Å²) < 4.78 is 11.4. The van der Waals surface area contributed by atoms with E-state index in [-0.39, 0.29) is 18.4 Å². The van der Waals surface area contributed by atoms with Gasteiger partial charge in [-0.2, -0.15) is 0 Å². The van der Waals surface area contributed by atoms with Crippen molar-refractivity contribution in [2.24, 2.45) is 4.99 Å². The first-order valence-corrected chi connectivity index (χ1v) is 12.9. The summed E-state index contributed by atoms with van der Waals surface area (Å²) in [5.74, 6) is 0.496. The maximum absolute atomic E-state index is 12.5. The lowest BCUT2D eigenvalue weighted by molar-refractivity contribution is -0.155. The fourth-order valence-electron chi connectivity index (χ4n) is 4.54. The van der Waals surface area contributed by atoms with E-state index in [2.05, 4.69) is 10.3 Å². The predicted octanol–water partition coefficient (Wildman–Crippen LogP) is 3.92. The summed E-state index contributed by atoms with van der Waals surface area (Å²) in [6.07, 6.45) is 6.99. The van der Waals surface area contributed by atoms with Crippen molar-refractivity contribution in [3.63, 3.8) is 0 Å². The number of amides is 2. The number of rotatable bonds is 8. The summed E-state index contributed by atoms with van der Waals surface area (Å²) in [6, 6.07) is 5.92. The van der Waals surface area contributed by atoms with Gasteiger partial charge in [0.05, 0.1) is 12.3 Å². The number of ether oxygens (including phenoxy) is 2. The highest BCUT2D eigenvalue weighted by Crippen LogP contribution is 2.30. The molecule has 0 unspecified atom stereocenters. The van der Waals surface area contributed by atoms with Crippen LogP contribution in [-0.4, -0.2) is 65.4 Å². The Hall–Kier alpha value is -3.10. The molecule has 9 heteroatoms. The second kappa shape index (κ2) is 12.2. The molecule has 0 atom stereocenters. The van der Waals surface area contributed by atoms with Crippen LogP contribution in [0.5, 0.6) is 5.75 Å². The van der Waals surface area contributed by atoms with E-state index in [0.29, 0.717) is 49.4 Å². The van der Waals surface area contributed by atoms with Crippen LogP contribution < -0.4 is 10.1 Å².